The summed E-state index contributed by atoms with van der Waals surface area (Å²) in [7, 11) is 0. The molecule has 0 saturated carbocycles. The Morgan fingerprint density at radius 3 is 0.865 bits per heavy atom. The summed E-state index contributed by atoms with van der Waals surface area (Å²) in [6.45, 7) is 16.9. The summed E-state index contributed by atoms with van der Waals surface area (Å²) in [4.78, 5) is 0. The Morgan fingerprint density at radius 1 is 0.303 bits per heavy atom. The molecule has 0 aliphatic carbocycles. The predicted octanol–water partition coefficient (Wildman–Crippen LogP) is 21.8. The molecular weight excluding hydrogens is 1090 g/mol. The summed E-state index contributed by atoms with van der Waals surface area (Å²) >= 11 is 0. The molecule has 14 rings (SSSR count). The quantitative estimate of drug-likeness (QED) is 0.114. The highest BCUT2D eigenvalue weighted by Crippen LogP contribution is 2.48. The van der Waals surface area contributed by atoms with Crippen molar-refractivity contribution < 1.29 is 19.7 Å². The molecule has 0 radical (unpaired) electrons. The maximum atomic E-state index is 12.8. The van der Waals surface area contributed by atoms with Gasteiger partial charge in [-0.1, -0.05) is 158 Å². The van der Waals surface area contributed by atoms with E-state index in [-0.39, 0.29) is 23.7 Å². The molecule has 2 atom stereocenters. The van der Waals surface area contributed by atoms with Gasteiger partial charge < -0.3 is 28.8 Å². The number of hydrogen-bond acceptors (Lipinski definition) is 4. The van der Waals surface area contributed by atoms with Crippen molar-refractivity contribution in [3.63, 3.8) is 0 Å². The molecule has 0 saturated heterocycles. The van der Waals surface area contributed by atoms with Crippen molar-refractivity contribution >= 4 is 43.6 Å². The van der Waals surface area contributed by atoms with Crippen molar-refractivity contribution in [2.45, 2.75) is 74.0 Å². The fourth-order valence-electron chi connectivity index (χ4n) is 13.7. The first-order valence-electron chi connectivity index (χ1n) is 30.9. The number of aromatic nitrogens is 2. The molecule has 0 fully saturated rings. The van der Waals surface area contributed by atoms with E-state index < -0.39 is 0 Å². The largest absolute Gasteiger partial charge is 0.505 e. The SMILES string of the molecule is Cc1cc(-c2ccccc2O[C@H](C)C[C@@H](C)Oc2ccccc2-c2cc(C)cc(-n3c4ccc(-c5ccccc5C)cc4c4cc(-c5ccccc5C)ccc43)c2O)c(O)c(-n2c3ccc(-c4ccccc4C)cc3c3cc(-c4ccccc4C)ccc32)c1. The van der Waals surface area contributed by atoms with Crippen LogP contribution in [0.1, 0.15) is 53.6 Å². The van der Waals surface area contributed by atoms with Gasteiger partial charge >= 0.3 is 0 Å². The minimum atomic E-state index is -0.293. The van der Waals surface area contributed by atoms with Gasteiger partial charge in [0.25, 0.3) is 0 Å². The van der Waals surface area contributed by atoms with Gasteiger partial charge in [-0.15, -0.1) is 0 Å². The molecule has 0 bridgehead atoms. The number of phenols is 2. The number of nitrogens with zero attached hydrogens (tertiary/aromatic N) is 2. The van der Waals surface area contributed by atoms with Crippen LogP contribution in [0.4, 0.5) is 0 Å². The topological polar surface area (TPSA) is 68.8 Å². The second-order valence-electron chi connectivity index (χ2n) is 24.3. The van der Waals surface area contributed by atoms with Gasteiger partial charge in [0.2, 0.25) is 0 Å². The maximum absolute atomic E-state index is 12.8. The van der Waals surface area contributed by atoms with Gasteiger partial charge in [0.15, 0.2) is 0 Å². The third-order valence-electron chi connectivity index (χ3n) is 18.0. The summed E-state index contributed by atoms with van der Waals surface area (Å²) in [6, 6.07) is 85.1. The van der Waals surface area contributed by atoms with Gasteiger partial charge in [-0.3, -0.25) is 0 Å². The van der Waals surface area contributed by atoms with Gasteiger partial charge in [0.1, 0.15) is 23.0 Å². The molecule has 89 heavy (non-hydrogen) atoms. The van der Waals surface area contributed by atoms with Crippen LogP contribution in [0.15, 0.2) is 243 Å². The highest BCUT2D eigenvalue weighted by atomic mass is 16.5. The molecule has 6 nitrogen and oxygen atoms in total. The molecule has 2 aromatic heterocycles. The third-order valence-corrected chi connectivity index (χ3v) is 18.0. The molecule has 2 heterocycles. The zero-order chi connectivity index (χ0) is 61.2. The van der Waals surface area contributed by atoms with Crippen LogP contribution >= 0.6 is 0 Å². The van der Waals surface area contributed by atoms with Crippen LogP contribution in [-0.4, -0.2) is 31.6 Å². The van der Waals surface area contributed by atoms with Gasteiger partial charge in [-0.05, 0) is 218 Å². The normalized spacial score (nSPS) is 12.3. The van der Waals surface area contributed by atoms with Crippen LogP contribution in [0, 0.1) is 41.5 Å². The van der Waals surface area contributed by atoms with E-state index in [2.05, 4.69) is 247 Å². The minimum absolute atomic E-state index is 0.164. The van der Waals surface area contributed by atoms with E-state index in [0.29, 0.717) is 40.4 Å². The fraction of sp³-hybridized carbons (Fsp3) is 0.133. The number of para-hydroxylation sites is 2. The Balaban J connectivity index is 0.775. The lowest BCUT2D eigenvalue weighted by Crippen LogP contribution is -2.23. The monoisotopic (exact) mass is 1160 g/mol. The number of aryl methyl sites for hydroxylation is 6. The van der Waals surface area contributed by atoms with Crippen LogP contribution in [0.25, 0.3) is 122 Å². The molecule has 14 aromatic rings. The van der Waals surface area contributed by atoms with Crippen LogP contribution in [0.2, 0.25) is 0 Å². The van der Waals surface area contributed by atoms with Crippen molar-refractivity contribution in [2.75, 3.05) is 0 Å². The lowest BCUT2D eigenvalue weighted by Gasteiger charge is -2.24. The van der Waals surface area contributed by atoms with Crippen LogP contribution in [0.5, 0.6) is 23.0 Å². The predicted molar refractivity (Wildman–Crippen MR) is 371 cm³/mol. The number of aromatic hydroxyl groups is 2. The highest BCUT2D eigenvalue weighted by Gasteiger charge is 2.25. The fourth-order valence-corrected chi connectivity index (χ4v) is 13.7. The lowest BCUT2D eigenvalue weighted by atomic mass is 9.97. The Bertz CT molecular complexity index is 4570. The van der Waals surface area contributed by atoms with Crippen molar-refractivity contribution in [3.05, 3.63) is 276 Å². The van der Waals surface area contributed by atoms with E-state index in [1.165, 1.54) is 44.5 Å². The van der Waals surface area contributed by atoms with Crippen molar-refractivity contribution in [3.8, 4) is 101 Å². The van der Waals surface area contributed by atoms with E-state index in [1.807, 2.05) is 60.7 Å². The van der Waals surface area contributed by atoms with Gasteiger partial charge in [0.05, 0.1) is 45.6 Å². The summed E-state index contributed by atoms with van der Waals surface area (Å²) < 4.78 is 18.3. The summed E-state index contributed by atoms with van der Waals surface area (Å²) in [5, 5.41) is 30.0. The van der Waals surface area contributed by atoms with E-state index in [4.69, 9.17) is 9.47 Å². The number of hydrogen-bond donors (Lipinski definition) is 2. The number of rotatable bonds is 14. The van der Waals surface area contributed by atoms with Gasteiger partial charge in [-0.2, -0.15) is 0 Å². The number of phenolic OH excluding ortho intramolecular Hbond substituents is 2. The second kappa shape index (κ2) is 22.9. The lowest BCUT2D eigenvalue weighted by molar-refractivity contribution is 0.131. The van der Waals surface area contributed by atoms with Crippen molar-refractivity contribution in [2.24, 2.45) is 0 Å². The molecular formula is C83H70N2O4. The molecule has 0 unspecified atom stereocenters. The minimum Gasteiger partial charge on any atom is -0.505 e. The van der Waals surface area contributed by atoms with Crippen molar-refractivity contribution in [1.82, 2.24) is 9.13 Å². The molecule has 0 spiro atoms. The average Bonchev–Trinajstić information content (AvgIpc) is 1.61. The molecule has 0 aliphatic heterocycles. The maximum Gasteiger partial charge on any atom is 0.147 e. The molecule has 6 heteroatoms. The molecule has 0 amide bonds. The molecule has 12 aromatic carbocycles. The first kappa shape index (κ1) is 56.3. The van der Waals surface area contributed by atoms with Crippen LogP contribution in [-0.2, 0) is 0 Å². The van der Waals surface area contributed by atoms with Gasteiger partial charge in [-0.25, -0.2) is 0 Å². The Morgan fingerprint density at radius 2 is 0.573 bits per heavy atom. The zero-order valence-corrected chi connectivity index (χ0v) is 51.6. The second-order valence-corrected chi connectivity index (χ2v) is 24.3. The number of ether oxygens (including phenoxy) is 2. The first-order chi connectivity index (χ1) is 43.3. The van der Waals surface area contributed by atoms with Crippen LogP contribution in [0.3, 0.4) is 0 Å². The Kier molecular flexibility index (Phi) is 14.5. The Hall–Kier alpha value is -10.6. The highest BCUT2D eigenvalue weighted by molar-refractivity contribution is 6.13. The first-order valence-corrected chi connectivity index (χ1v) is 30.9. The van der Waals surface area contributed by atoms with E-state index >= 15 is 0 Å². The van der Waals surface area contributed by atoms with E-state index in [9.17, 15) is 10.2 Å². The Labute approximate surface area is 520 Å². The molecule has 2 N–H and O–H groups in total. The van der Waals surface area contributed by atoms with E-state index in [0.717, 1.165) is 88.1 Å². The zero-order valence-electron chi connectivity index (χ0n) is 51.6. The number of fused-ring (bicyclic) bond motifs is 6. The van der Waals surface area contributed by atoms with Crippen LogP contribution < -0.4 is 9.47 Å². The van der Waals surface area contributed by atoms with Crippen molar-refractivity contribution in [1.29, 1.82) is 0 Å². The van der Waals surface area contributed by atoms with E-state index in [1.54, 1.807) is 0 Å². The summed E-state index contributed by atoms with van der Waals surface area (Å²) in [5.41, 5.74) is 24.5. The summed E-state index contributed by atoms with van der Waals surface area (Å²) in [5.74, 6) is 1.65. The average molecular weight is 1160 g/mol. The number of benzene rings is 12. The molecule has 436 valence electrons. The molecule has 0 aliphatic rings. The summed E-state index contributed by atoms with van der Waals surface area (Å²) in [6.07, 6.45) is -0.0383. The smallest absolute Gasteiger partial charge is 0.147 e. The van der Waals surface area contributed by atoms with Gasteiger partial charge in [0, 0.05) is 50.2 Å². The third kappa shape index (κ3) is 10.2. The standard InChI is InChI=1S/C83H70N2O4/c1-50-41-72(82(86)78(43-50)84-74-37-33-58(62-25-13-9-21-52(62)3)46-68(74)69-47-59(34-38-75(69)84)63-26-14-10-22-53(63)4)66-29-17-19-31-80(66)88-56(7)45-57(8)89-81-32-20-18-30-67(81)73-42-51(2)44-79(83(73)87)85-76-39-35-60(64-27-15-11-23-54(64)5)48-70(76)71-49-61(36-40-77(71)85)65-28-16-12-24-55(65)6/h9-44,46-49,56-57,86-87H,45H2,1-8H3/t56-,57-/m1/s1.